The molecule has 13 aromatic rings. The molecule has 134 heavy (non-hydrogen) atoms. The minimum absolute atomic E-state index is 0. The summed E-state index contributed by atoms with van der Waals surface area (Å²) >= 11 is 0. The average Bonchev–Trinajstić information content (AvgIpc) is 1.60. The van der Waals surface area contributed by atoms with E-state index in [2.05, 4.69) is 270 Å². The van der Waals surface area contributed by atoms with Gasteiger partial charge in [-0.2, -0.15) is 0 Å². The Labute approximate surface area is 842 Å². The number of aromatic nitrogens is 3. The molecular weight excluding hydrogens is 2190 g/mol. The van der Waals surface area contributed by atoms with Gasteiger partial charge in [-0.25, -0.2) is 0 Å². The van der Waals surface area contributed by atoms with Gasteiger partial charge in [-0.15, -0.1) is 105 Å². The van der Waals surface area contributed by atoms with Gasteiger partial charge in [0.15, 0.2) is 17.3 Å². The number of furan rings is 3. The van der Waals surface area contributed by atoms with E-state index < -0.39 is 0 Å². The van der Waals surface area contributed by atoms with Crippen molar-refractivity contribution in [2.75, 3.05) is 0 Å². The molecule has 0 saturated heterocycles. The zero-order valence-electron chi connectivity index (χ0n) is 84.3. The molecule has 0 atom stereocenters. The Balaban J connectivity index is 0.000000291. The first kappa shape index (κ1) is 115. The Morgan fingerprint density at radius 2 is 0.575 bits per heavy atom. The zero-order valence-corrected chi connectivity index (χ0v) is 91.5. The van der Waals surface area contributed by atoms with Crippen molar-refractivity contribution in [2.45, 2.75) is 275 Å². The van der Waals surface area contributed by atoms with Crippen molar-refractivity contribution in [3.63, 3.8) is 0 Å². The molecular formula is C119H146Ir3N3O9-3. The first-order chi connectivity index (χ1) is 62.6. The largest absolute Gasteiger partial charge is 0.512 e. The Hall–Kier alpha value is -9.81. The van der Waals surface area contributed by atoms with E-state index in [9.17, 15) is 29.7 Å². The third-order valence-corrected chi connectivity index (χ3v) is 25.1. The van der Waals surface area contributed by atoms with Crippen LogP contribution in [0.2, 0.25) is 0 Å². The van der Waals surface area contributed by atoms with Crippen molar-refractivity contribution < 1.29 is 103 Å². The van der Waals surface area contributed by atoms with Gasteiger partial charge in [-0.1, -0.05) is 239 Å². The second kappa shape index (κ2) is 56.0. The van der Waals surface area contributed by atoms with Crippen LogP contribution in [0.1, 0.15) is 281 Å². The summed E-state index contributed by atoms with van der Waals surface area (Å²) in [6.45, 7) is 54.3. The molecule has 3 radical (unpaired) electrons. The van der Waals surface area contributed by atoms with E-state index in [1.54, 1.807) is 0 Å². The maximum atomic E-state index is 11.7. The monoisotopic (exact) mass is 2340 g/mol. The van der Waals surface area contributed by atoms with Crippen LogP contribution in [-0.4, -0.2) is 47.6 Å². The first-order valence-electron chi connectivity index (χ1n) is 48.0. The van der Waals surface area contributed by atoms with E-state index in [4.69, 9.17) is 13.3 Å². The fourth-order valence-electron chi connectivity index (χ4n) is 16.7. The molecule has 0 amide bonds. The molecule has 0 aliphatic rings. The first-order valence-corrected chi connectivity index (χ1v) is 48.0. The number of pyridine rings is 3. The van der Waals surface area contributed by atoms with Crippen LogP contribution in [0.25, 0.3) is 112 Å². The number of hydrogen-bond acceptors (Lipinski definition) is 12. The van der Waals surface area contributed by atoms with Gasteiger partial charge in [-0.05, 0) is 213 Å². The molecule has 7 aromatic carbocycles. The predicted octanol–water partition coefficient (Wildman–Crippen LogP) is 34.0. The summed E-state index contributed by atoms with van der Waals surface area (Å²) in [6, 6.07) is 65.6. The van der Waals surface area contributed by atoms with Crippen molar-refractivity contribution in [3.05, 3.63) is 291 Å². The number of aryl methyl sites for hydroxylation is 8. The maximum absolute atomic E-state index is 11.7. The smallest absolute Gasteiger partial charge is 0.162 e. The number of nitrogens with zero attached hydrogens (tertiary/aromatic N) is 3. The predicted molar refractivity (Wildman–Crippen MR) is 548 cm³/mol. The van der Waals surface area contributed by atoms with Gasteiger partial charge < -0.3 is 43.5 Å². The van der Waals surface area contributed by atoms with Crippen LogP contribution in [0.4, 0.5) is 0 Å². The fourth-order valence-corrected chi connectivity index (χ4v) is 16.7. The van der Waals surface area contributed by atoms with Crippen LogP contribution in [-0.2, 0) is 74.7 Å². The zero-order chi connectivity index (χ0) is 96.0. The summed E-state index contributed by atoms with van der Waals surface area (Å²) in [5, 5.41) is 32.3. The second-order valence-electron chi connectivity index (χ2n) is 36.2. The molecule has 0 spiro atoms. The fraction of sp³-hybridized carbons (Fsp3) is 0.395. The number of carbonyl (C=O) groups excluding carboxylic acids is 3. The van der Waals surface area contributed by atoms with E-state index in [0.29, 0.717) is 17.8 Å². The van der Waals surface area contributed by atoms with Crippen molar-refractivity contribution in [2.24, 2.45) is 35.5 Å². The summed E-state index contributed by atoms with van der Waals surface area (Å²) in [5.41, 5.74) is 27.6. The summed E-state index contributed by atoms with van der Waals surface area (Å²) in [7, 11) is 0. The summed E-state index contributed by atoms with van der Waals surface area (Å²) in [4.78, 5) is 49.1. The van der Waals surface area contributed by atoms with Crippen LogP contribution in [0.15, 0.2) is 225 Å². The van der Waals surface area contributed by atoms with E-state index in [1.165, 1.54) is 73.9 Å². The van der Waals surface area contributed by atoms with Gasteiger partial charge in [-0.3, -0.25) is 14.4 Å². The normalized spacial score (nSPS) is 11.6. The van der Waals surface area contributed by atoms with Crippen LogP contribution in [0.3, 0.4) is 0 Å². The van der Waals surface area contributed by atoms with Crippen LogP contribution in [0, 0.1) is 109 Å². The average molecular weight is 2340 g/mol. The van der Waals surface area contributed by atoms with Crippen LogP contribution >= 0.6 is 0 Å². The number of aliphatic hydroxyl groups excluding tert-OH is 3. The van der Waals surface area contributed by atoms with Gasteiger partial charge in [0, 0.05) is 165 Å². The third kappa shape index (κ3) is 32.4. The Morgan fingerprint density at radius 1 is 0.313 bits per heavy atom. The number of rotatable bonds is 31. The third-order valence-electron chi connectivity index (χ3n) is 25.1. The number of fused-ring (bicyclic) bond motifs is 3. The molecule has 3 N–H and O–H groups in total. The number of hydrogen-bond donors (Lipinski definition) is 3. The van der Waals surface area contributed by atoms with E-state index in [1.807, 2.05) is 120 Å². The summed E-state index contributed by atoms with van der Waals surface area (Å²) < 4.78 is 18.6. The quantitative estimate of drug-likeness (QED) is 0.0212. The molecule has 0 aliphatic carbocycles. The molecule has 13 rings (SSSR count). The van der Waals surface area contributed by atoms with E-state index >= 15 is 0 Å². The topological polar surface area (TPSA) is 190 Å². The summed E-state index contributed by atoms with van der Waals surface area (Å²) in [5.74, 6) is 5.75. The second-order valence-corrected chi connectivity index (χ2v) is 36.2. The number of allylic oxidation sites excluding steroid dienone is 6. The van der Waals surface area contributed by atoms with Crippen LogP contribution < -0.4 is 0 Å². The van der Waals surface area contributed by atoms with Gasteiger partial charge in [0.25, 0.3) is 0 Å². The molecule has 0 fully saturated rings. The number of benzene rings is 7. The Kier molecular flexibility index (Phi) is 47.9. The van der Waals surface area contributed by atoms with E-state index in [-0.39, 0.29) is 130 Å². The van der Waals surface area contributed by atoms with Gasteiger partial charge in [0.2, 0.25) is 0 Å². The molecule has 6 aromatic heterocycles. The van der Waals surface area contributed by atoms with Crippen molar-refractivity contribution in [1.29, 1.82) is 0 Å². The number of aliphatic hydroxyl groups is 3. The molecule has 0 saturated carbocycles. The Bertz CT molecular complexity index is 5770. The summed E-state index contributed by atoms with van der Waals surface area (Å²) in [6.07, 6.45) is 20.4. The van der Waals surface area contributed by atoms with Gasteiger partial charge in [0.1, 0.15) is 34.0 Å². The maximum Gasteiger partial charge on any atom is 0.162 e. The molecule has 0 bridgehead atoms. The molecule has 6 heterocycles. The minimum Gasteiger partial charge on any atom is -0.512 e. The van der Waals surface area contributed by atoms with E-state index in [0.717, 1.165) is 194 Å². The molecule has 0 aliphatic heterocycles. The molecule has 12 nitrogen and oxygen atoms in total. The Morgan fingerprint density at radius 3 is 0.836 bits per heavy atom. The number of carbonyl (C=O) groups is 3. The van der Waals surface area contributed by atoms with Crippen molar-refractivity contribution in [1.82, 2.24) is 15.0 Å². The molecule has 15 heteroatoms. The number of ketones is 3. The van der Waals surface area contributed by atoms with Gasteiger partial charge in [0.05, 0.1) is 17.3 Å². The standard InChI is InChI=1S/C29H24NO.C27H28NO.C24H22NO.3C13H24O2.3Ir/c1-18-12-19(2)14-24(13-18)26-16-28-25(17-30-26)15-27(31-28)22-8-10-23(11-9-22)29-20(3)6-5-7-21(29)4;1-16(2)20-10-21(17(3)4)12-23(11-20)26-13-24-15-28-25(14-27(24)29-26)22-8-18(5)7-19(6)9-22;1-15(2)18-5-7-19(8-6-18)23-12-21-14-25-22(13-24(21)26-23)20-10-16(3)9-17(4)11-20;3*1-5-10(6-2)12(14)9-13(15)11(7-3)8-4;;;/h5-13,15-17H,1-4H3;7-8,10-17H,1-6H3;5-10,12-15H,1-4H3;3*9-11,14H,5-8H2,1-4H3;;;/q3*-1;;;;;;. The SMILES string of the molecule is CCC(CC)C(=O)C=C(O)C(CC)CC.CCC(CC)C(=O)C=C(O)C(CC)CC.CCC(CC)C(=O)C=C(O)C(CC)CC.Cc1[c-]c(-c2cc3oc(-c4cc(C(C)C)cc(C(C)C)c4)cc3cn2)cc(C)c1.Cc1[c-]c(-c2cc3oc(-c4ccc(-c5c(C)cccc5C)cc4)cc3cn2)cc(C)c1.Cc1[c-]c(-c2cc3oc(-c4ccc(C(C)C)cc4)cc3cn2)cc(C)c1.[Ir].[Ir].[Ir]. The minimum atomic E-state index is 0. The van der Waals surface area contributed by atoms with Crippen LogP contribution in [0.5, 0.6) is 0 Å². The molecule has 721 valence electrons. The molecule has 0 unspecified atom stereocenters. The van der Waals surface area contributed by atoms with Crippen molar-refractivity contribution in [3.8, 4) is 78.9 Å². The van der Waals surface area contributed by atoms with Crippen molar-refractivity contribution >= 4 is 50.3 Å². The van der Waals surface area contributed by atoms with Gasteiger partial charge >= 0.3 is 0 Å².